The Labute approximate surface area is 252 Å². The molecule has 2 aromatic rings. The zero-order valence-electron chi connectivity index (χ0n) is 24.8. The summed E-state index contributed by atoms with van der Waals surface area (Å²) in [7, 11) is 1.27. The molecule has 6 rings (SSSR count). The fourth-order valence-electron chi connectivity index (χ4n) is 7.72. The van der Waals surface area contributed by atoms with Crippen LogP contribution in [0.2, 0.25) is 0 Å². The van der Waals surface area contributed by atoms with Gasteiger partial charge in [0.25, 0.3) is 0 Å². The molecule has 4 aliphatic rings. The van der Waals surface area contributed by atoms with Crippen molar-refractivity contribution in [2.24, 2.45) is 17.8 Å². The minimum absolute atomic E-state index is 0.0818. The first kappa shape index (κ1) is 29.2. The highest BCUT2D eigenvalue weighted by Crippen LogP contribution is 2.45. The van der Waals surface area contributed by atoms with E-state index in [9.17, 15) is 19.2 Å². The molecule has 9 heteroatoms. The largest absolute Gasteiger partial charge is 0.467 e. The van der Waals surface area contributed by atoms with Crippen LogP contribution >= 0.6 is 0 Å². The van der Waals surface area contributed by atoms with Gasteiger partial charge in [0.2, 0.25) is 11.8 Å². The van der Waals surface area contributed by atoms with Crippen molar-refractivity contribution in [2.45, 2.75) is 69.4 Å². The Hall–Kier alpha value is -3.88. The summed E-state index contributed by atoms with van der Waals surface area (Å²) in [5.41, 5.74) is 4.56. The van der Waals surface area contributed by atoms with Crippen molar-refractivity contribution in [1.82, 2.24) is 15.5 Å². The maximum Gasteiger partial charge on any atom is 0.410 e. The molecule has 9 nitrogen and oxygen atoms in total. The van der Waals surface area contributed by atoms with E-state index < -0.39 is 30.1 Å². The first-order valence-electron chi connectivity index (χ1n) is 15.7. The van der Waals surface area contributed by atoms with Gasteiger partial charge in [-0.1, -0.05) is 80.6 Å². The number of esters is 1. The monoisotopic (exact) mass is 587 g/mol. The number of carbonyl (C=O) groups is 4. The molecular formula is C34H41N3O6. The molecule has 2 aromatic carbocycles. The maximum atomic E-state index is 13.8. The Balaban J connectivity index is 1.18. The lowest BCUT2D eigenvalue weighted by molar-refractivity contribution is -0.146. The van der Waals surface area contributed by atoms with E-state index >= 15 is 0 Å². The highest BCUT2D eigenvalue weighted by atomic mass is 16.6. The van der Waals surface area contributed by atoms with Crippen LogP contribution in [0.3, 0.4) is 0 Å². The summed E-state index contributed by atoms with van der Waals surface area (Å²) in [6.07, 6.45) is 6.52. The molecule has 43 heavy (non-hydrogen) atoms. The lowest BCUT2D eigenvalue weighted by Gasteiger charge is -2.27. The highest BCUT2D eigenvalue weighted by Gasteiger charge is 2.45. The van der Waals surface area contributed by atoms with Gasteiger partial charge >= 0.3 is 12.1 Å². The number of hydrogen-bond donors (Lipinski definition) is 2. The summed E-state index contributed by atoms with van der Waals surface area (Å²) in [4.78, 5) is 54.0. The summed E-state index contributed by atoms with van der Waals surface area (Å²) in [6.45, 7) is 1.17. The number of amides is 3. The van der Waals surface area contributed by atoms with Crippen LogP contribution in [0, 0.1) is 17.8 Å². The number of hydrogen-bond acceptors (Lipinski definition) is 6. The molecule has 0 bridgehead atoms. The Bertz CT molecular complexity index is 1330. The summed E-state index contributed by atoms with van der Waals surface area (Å²) in [6, 6.07) is 14.7. The average molecular weight is 588 g/mol. The summed E-state index contributed by atoms with van der Waals surface area (Å²) in [5.74, 6) is -0.935. The summed E-state index contributed by atoms with van der Waals surface area (Å²) < 4.78 is 11.0. The van der Waals surface area contributed by atoms with E-state index in [0.717, 1.165) is 47.9 Å². The Morgan fingerprint density at radius 2 is 1.63 bits per heavy atom. The molecular weight excluding hydrogens is 546 g/mol. The summed E-state index contributed by atoms with van der Waals surface area (Å²) >= 11 is 0. The highest BCUT2D eigenvalue weighted by molar-refractivity contribution is 5.91. The van der Waals surface area contributed by atoms with Gasteiger partial charge in [-0.3, -0.25) is 14.5 Å². The number of benzene rings is 2. The number of nitrogens with zero attached hydrogens (tertiary/aromatic N) is 1. The zero-order valence-corrected chi connectivity index (χ0v) is 24.8. The topological polar surface area (TPSA) is 114 Å². The van der Waals surface area contributed by atoms with Crippen molar-refractivity contribution in [1.29, 1.82) is 0 Å². The Morgan fingerprint density at radius 3 is 2.26 bits per heavy atom. The normalized spacial score (nSPS) is 24.2. The number of nitrogens with one attached hydrogen (secondary N) is 2. The van der Waals surface area contributed by atoms with Gasteiger partial charge in [-0.15, -0.1) is 0 Å². The van der Waals surface area contributed by atoms with E-state index in [4.69, 9.17) is 9.47 Å². The van der Waals surface area contributed by atoms with Gasteiger partial charge in [-0.2, -0.15) is 0 Å². The van der Waals surface area contributed by atoms with Gasteiger partial charge in [-0.05, 0) is 53.4 Å². The third-order valence-electron chi connectivity index (χ3n) is 10.0. The Morgan fingerprint density at radius 1 is 0.953 bits per heavy atom. The van der Waals surface area contributed by atoms with Gasteiger partial charge in [-0.25, -0.2) is 9.59 Å². The van der Waals surface area contributed by atoms with E-state index in [1.807, 2.05) is 24.3 Å². The van der Waals surface area contributed by atoms with Crippen LogP contribution < -0.4 is 10.6 Å². The third-order valence-corrected chi connectivity index (χ3v) is 10.0. The van der Waals surface area contributed by atoms with Gasteiger partial charge in [0, 0.05) is 24.9 Å². The van der Waals surface area contributed by atoms with Gasteiger partial charge < -0.3 is 20.1 Å². The summed E-state index contributed by atoms with van der Waals surface area (Å²) in [5, 5.41) is 5.63. The fraction of sp³-hybridized carbons (Fsp3) is 0.529. The van der Waals surface area contributed by atoms with Crippen molar-refractivity contribution in [3.63, 3.8) is 0 Å². The van der Waals surface area contributed by atoms with Crippen molar-refractivity contribution in [3.05, 3.63) is 59.7 Å². The zero-order chi connectivity index (χ0) is 29.9. The van der Waals surface area contributed by atoms with Crippen molar-refractivity contribution < 1.29 is 28.7 Å². The standard InChI is InChI=1S/C34H41N3O6/c1-42-33(40)29(17-22-15-16-35-31(22)38)36-32(39)30-18-23(21-9-3-2-4-10-21)19-37(30)34(41)43-20-28-26-13-7-5-11-24(26)25-12-6-8-14-27(25)28/h5-8,11-14,21-23,28-30H,2-4,9-10,15-20H2,1H3,(H,35,38)(H,36,39)/t22-,23?,29-,30?/m0/s1. The molecule has 2 aliphatic heterocycles. The van der Waals surface area contributed by atoms with Crippen molar-refractivity contribution in [2.75, 3.05) is 26.8 Å². The van der Waals surface area contributed by atoms with Crippen molar-refractivity contribution >= 4 is 23.9 Å². The number of ether oxygens (including phenoxy) is 2. The third kappa shape index (κ3) is 5.99. The van der Waals surface area contributed by atoms with Gasteiger partial charge in [0.1, 0.15) is 18.7 Å². The first-order valence-corrected chi connectivity index (χ1v) is 15.7. The van der Waals surface area contributed by atoms with E-state index in [1.165, 1.54) is 13.5 Å². The van der Waals surface area contributed by atoms with Gasteiger partial charge in [0.15, 0.2) is 0 Å². The molecule has 3 amide bonds. The predicted molar refractivity (Wildman–Crippen MR) is 160 cm³/mol. The lowest BCUT2D eigenvalue weighted by atomic mass is 9.79. The molecule has 0 aromatic heterocycles. The molecule has 0 radical (unpaired) electrons. The lowest BCUT2D eigenvalue weighted by Crippen LogP contribution is -2.52. The van der Waals surface area contributed by atoms with Gasteiger partial charge in [0.05, 0.1) is 7.11 Å². The van der Waals surface area contributed by atoms with E-state index in [-0.39, 0.29) is 36.7 Å². The second-order valence-corrected chi connectivity index (χ2v) is 12.5. The van der Waals surface area contributed by atoms with Crippen LogP contribution in [0.1, 0.15) is 68.4 Å². The van der Waals surface area contributed by atoms with Crippen LogP contribution in [-0.4, -0.2) is 67.7 Å². The van der Waals surface area contributed by atoms with Crippen molar-refractivity contribution in [3.8, 4) is 11.1 Å². The number of fused-ring (bicyclic) bond motifs is 3. The Kier molecular flexibility index (Phi) is 8.68. The second-order valence-electron chi connectivity index (χ2n) is 12.5. The molecule has 1 saturated carbocycles. The van der Waals surface area contributed by atoms with Crippen LogP contribution in [0.15, 0.2) is 48.5 Å². The van der Waals surface area contributed by atoms with Crippen LogP contribution in [0.4, 0.5) is 4.79 Å². The molecule has 2 heterocycles. The first-order chi connectivity index (χ1) is 20.9. The molecule has 228 valence electrons. The molecule has 2 unspecified atom stereocenters. The van der Waals surface area contributed by atoms with Crippen LogP contribution in [0.25, 0.3) is 11.1 Å². The molecule has 2 saturated heterocycles. The minimum Gasteiger partial charge on any atom is -0.467 e. The van der Waals surface area contributed by atoms with E-state index in [2.05, 4.69) is 34.9 Å². The fourth-order valence-corrected chi connectivity index (χ4v) is 7.72. The molecule has 2 aliphatic carbocycles. The molecule has 4 atom stereocenters. The smallest absolute Gasteiger partial charge is 0.410 e. The number of rotatable bonds is 8. The molecule has 0 spiro atoms. The van der Waals surface area contributed by atoms with E-state index in [0.29, 0.717) is 31.8 Å². The number of likely N-dealkylation sites (tertiary alicyclic amines) is 1. The van der Waals surface area contributed by atoms with Crippen LogP contribution in [0.5, 0.6) is 0 Å². The number of methoxy groups -OCH3 is 1. The van der Waals surface area contributed by atoms with Crippen LogP contribution in [-0.2, 0) is 23.9 Å². The quantitative estimate of drug-likeness (QED) is 0.443. The minimum atomic E-state index is -0.968. The average Bonchev–Trinajstić information content (AvgIpc) is 3.75. The molecule has 3 fully saturated rings. The molecule has 2 N–H and O–H groups in total. The van der Waals surface area contributed by atoms with E-state index in [1.54, 1.807) is 4.90 Å². The maximum absolute atomic E-state index is 13.8. The SMILES string of the molecule is COC(=O)[C@H](C[C@@H]1CCNC1=O)NC(=O)C1CC(C2CCCCC2)CN1C(=O)OCC1c2ccccc2-c2ccccc21. The predicted octanol–water partition coefficient (Wildman–Crippen LogP) is 4.39. The number of carbonyl (C=O) groups excluding carboxylic acids is 4. The second kappa shape index (κ2) is 12.8.